The molecule has 3 heterocycles. The first-order chi connectivity index (χ1) is 15.4. The van der Waals surface area contributed by atoms with Gasteiger partial charge in [0.1, 0.15) is 16.9 Å². The van der Waals surface area contributed by atoms with Crippen molar-refractivity contribution in [3.05, 3.63) is 69.4 Å². The molecule has 1 aliphatic heterocycles. The lowest BCUT2D eigenvalue weighted by Gasteiger charge is -2.37. The van der Waals surface area contributed by atoms with E-state index < -0.39 is 30.3 Å². The van der Waals surface area contributed by atoms with Crippen molar-refractivity contribution in [2.24, 2.45) is 0 Å². The van der Waals surface area contributed by atoms with E-state index in [0.717, 1.165) is 5.56 Å². The van der Waals surface area contributed by atoms with E-state index in [9.17, 15) is 24.2 Å². The lowest BCUT2D eigenvalue weighted by Crippen LogP contribution is -2.52. The highest BCUT2D eigenvalue weighted by atomic mass is 19.1. The Balaban J connectivity index is 1.90. The van der Waals surface area contributed by atoms with Crippen LogP contribution < -0.4 is 15.6 Å². The Morgan fingerprint density at radius 2 is 1.94 bits per heavy atom. The number of carbonyl (C=O) groups is 1. The molecule has 1 amide bonds. The second-order valence-corrected chi connectivity index (χ2v) is 7.68. The van der Waals surface area contributed by atoms with E-state index in [4.69, 9.17) is 9.84 Å². The van der Waals surface area contributed by atoms with Crippen molar-refractivity contribution in [2.75, 3.05) is 26.4 Å². The highest BCUT2D eigenvalue weighted by Gasteiger charge is 2.39. The summed E-state index contributed by atoms with van der Waals surface area (Å²) in [6, 6.07) is 7.23. The Morgan fingerprint density at radius 1 is 1.22 bits per heavy atom. The fourth-order valence-corrected chi connectivity index (χ4v) is 3.74. The van der Waals surface area contributed by atoms with Gasteiger partial charge in [0.2, 0.25) is 0 Å². The van der Waals surface area contributed by atoms with Gasteiger partial charge in [0.25, 0.3) is 11.5 Å². The van der Waals surface area contributed by atoms with Crippen molar-refractivity contribution < 1.29 is 29.2 Å². The summed E-state index contributed by atoms with van der Waals surface area (Å²) in [6.45, 7) is -1.64. The van der Waals surface area contributed by atoms with Crippen LogP contribution in [0, 0.1) is 5.82 Å². The number of pyridine rings is 2. The molecule has 4 N–H and O–H groups in total. The van der Waals surface area contributed by atoms with Gasteiger partial charge >= 0.3 is 0 Å². The van der Waals surface area contributed by atoms with Gasteiger partial charge in [-0.15, -0.1) is 0 Å². The zero-order valence-electron chi connectivity index (χ0n) is 17.0. The molecule has 0 bridgehead atoms. The zero-order chi connectivity index (χ0) is 22.9. The standard InChI is InChI=1S/C22H22FN3O6/c23-15-3-1-13(2-4-15)7-14-9-25-17-8-16(20(30)24-5-6-27)21(31)26-10-22(11-28,12-29)32-19(14)18(17)26/h1-4,8-9,27-29H,5-7,10-12H2,(H,24,30). The molecule has 0 radical (unpaired) electrons. The van der Waals surface area contributed by atoms with E-state index in [2.05, 4.69) is 10.3 Å². The van der Waals surface area contributed by atoms with E-state index in [1.54, 1.807) is 12.1 Å². The number of halogens is 1. The Labute approximate surface area is 181 Å². The fourth-order valence-electron chi connectivity index (χ4n) is 3.74. The van der Waals surface area contributed by atoms with Crippen LogP contribution in [0.3, 0.4) is 0 Å². The summed E-state index contributed by atoms with van der Waals surface area (Å²) in [5, 5.41) is 31.3. The van der Waals surface area contributed by atoms with Gasteiger partial charge in [-0.25, -0.2) is 4.39 Å². The van der Waals surface area contributed by atoms with E-state index in [-0.39, 0.29) is 36.8 Å². The van der Waals surface area contributed by atoms with Gasteiger partial charge in [-0.05, 0) is 23.8 Å². The third-order valence-electron chi connectivity index (χ3n) is 5.43. The molecular formula is C22H22FN3O6. The number of nitrogens with zero attached hydrogens (tertiary/aromatic N) is 2. The molecule has 0 fully saturated rings. The average Bonchev–Trinajstić information content (AvgIpc) is 2.81. The normalized spacial score (nSPS) is 14.2. The van der Waals surface area contributed by atoms with E-state index in [1.807, 2.05) is 0 Å². The summed E-state index contributed by atoms with van der Waals surface area (Å²) in [7, 11) is 0. The highest BCUT2D eigenvalue weighted by molar-refractivity contribution is 5.97. The van der Waals surface area contributed by atoms with Crippen molar-refractivity contribution in [3.8, 4) is 5.75 Å². The van der Waals surface area contributed by atoms with Gasteiger partial charge in [-0.1, -0.05) is 12.1 Å². The first-order valence-electron chi connectivity index (χ1n) is 10.0. The molecule has 0 saturated carbocycles. The third kappa shape index (κ3) is 3.83. The van der Waals surface area contributed by atoms with Crippen molar-refractivity contribution in [2.45, 2.75) is 18.6 Å². The number of carbonyl (C=O) groups excluding carboxylic acids is 1. The number of nitrogens with one attached hydrogen (secondary N) is 1. The number of aliphatic hydroxyl groups is 3. The quantitative estimate of drug-likeness (QED) is 0.403. The molecule has 32 heavy (non-hydrogen) atoms. The van der Waals surface area contributed by atoms with Gasteiger partial charge in [-0.3, -0.25) is 19.1 Å². The molecular weight excluding hydrogens is 421 g/mol. The summed E-state index contributed by atoms with van der Waals surface area (Å²) in [6.07, 6.45) is 1.83. The molecule has 2 aromatic heterocycles. The summed E-state index contributed by atoms with van der Waals surface area (Å²) >= 11 is 0. The second kappa shape index (κ2) is 8.65. The van der Waals surface area contributed by atoms with Gasteiger partial charge in [0.05, 0.1) is 31.9 Å². The van der Waals surface area contributed by atoms with Gasteiger partial charge < -0.3 is 25.4 Å². The molecule has 168 valence electrons. The molecule has 0 aliphatic carbocycles. The molecule has 4 rings (SSSR count). The fraction of sp³-hybridized carbons (Fsp3) is 0.318. The van der Waals surface area contributed by atoms with Crippen molar-refractivity contribution in [1.82, 2.24) is 14.9 Å². The van der Waals surface area contributed by atoms with E-state index in [1.165, 1.54) is 29.0 Å². The number of benzene rings is 1. The first kappa shape index (κ1) is 21.9. The number of aromatic nitrogens is 2. The molecule has 0 atom stereocenters. The third-order valence-corrected chi connectivity index (χ3v) is 5.43. The second-order valence-electron chi connectivity index (χ2n) is 7.68. The molecule has 0 spiro atoms. The van der Waals surface area contributed by atoms with Crippen LogP contribution in [0.1, 0.15) is 21.5 Å². The van der Waals surface area contributed by atoms with Gasteiger partial charge in [-0.2, -0.15) is 0 Å². The summed E-state index contributed by atoms with van der Waals surface area (Å²) < 4.78 is 20.6. The number of hydrogen-bond acceptors (Lipinski definition) is 7. The maximum Gasteiger partial charge on any atom is 0.264 e. The average molecular weight is 443 g/mol. The van der Waals surface area contributed by atoms with Crippen molar-refractivity contribution in [1.29, 1.82) is 0 Å². The minimum absolute atomic E-state index is 0.0219. The van der Waals surface area contributed by atoms with Gasteiger partial charge in [0, 0.05) is 24.7 Å². The minimum Gasteiger partial charge on any atom is -0.478 e. The molecule has 3 aromatic rings. The monoisotopic (exact) mass is 443 g/mol. The zero-order valence-corrected chi connectivity index (χ0v) is 17.0. The number of hydrogen-bond donors (Lipinski definition) is 4. The molecule has 1 aromatic carbocycles. The Bertz CT molecular complexity index is 1220. The topological polar surface area (TPSA) is 134 Å². The van der Waals surface area contributed by atoms with Crippen LogP contribution in [0.4, 0.5) is 4.39 Å². The van der Waals surface area contributed by atoms with Crippen LogP contribution in [-0.2, 0) is 13.0 Å². The van der Waals surface area contributed by atoms with Crippen molar-refractivity contribution in [3.63, 3.8) is 0 Å². The molecule has 9 nitrogen and oxygen atoms in total. The molecule has 1 aliphatic rings. The largest absolute Gasteiger partial charge is 0.478 e. The first-order valence-corrected chi connectivity index (χ1v) is 10.0. The predicted molar refractivity (Wildman–Crippen MR) is 112 cm³/mol. The molecule has 0 unspecified atom stereocenters. The smallest absolute Gasteiger partial charge is 0.264 e. The van der Waals surface area contributed by atoms with E-state index in [0.29, 0.717) is 23.0 Å². The van der Waals surface area contributed by atoms with Gasteiger partial charge in [0.15, 0.2) is 11.4 Å². The van der Waals surface area contributed by atoms with Crippen molar-refractivity contribution >= 4 is 16.9 Å². The summed E-state index contributed by atoms with van der Waals surface area (Å²) in [5.41, 5.74) is -0.298. The van der Waals surface area contributed by atoms with Crippen LogP contribution in [-0.4, -0.2) is 62.7 Å². The number of rotatable bonds is 7. The van der Waals surface area contributed by atoms with Crippen LogP contribution in [0.15, 0.2) is 41.3 Å². The van der Waals surface area contributed by atoms with Crippen LogP contribution in [0.2, 0.25) is 0 Å². The molecule has 10 heteroatoms. The number of amides is 1. The Hall–Kier alpha value is -3.34. The maximum atomic E-state index is 13.3. The lowest BCUT2D eigenvalue weighted by atomic mass is 9.99. The summed E-state index contributed by atoms with van der Waals surface area (Å²) in [4.78, 5) is 30.0. The predicted octanol–water partition coefficient (Wildman–Crippen LogP) is -0.0357. The maximum absolute atomic E-state index is 13.3. The van der Waals surface area contributed by atoms with Crippen LogP contribution in [0.5, 0.6) is 5.75 Å². The minimum atomic E-state index is -1.48. The van der Waals surface area contributed by atoms with E-state index >= 15 is 0 Å². The van der Waals surface area contributed by atoms with Crippen LogP contribution in [0.25, 0.3) is 11.0 Å². The molecule has 0 saturated heterocycles. The SMILES string of the molecule is O=C(NCCO)c1cc2ncc(Cc3ccc(F)cc3)c3c2n(c1=O)CC(CO)(CO)O3. The lowest BCUT2D eigenvalue weighted by molar-refractivity contribution is -0.0511. The highest BCUT2D eigenvalue weighted by Crippen LogP contribution is 2.37. The number of ether oxygens (including phenoxy) is 1. The van der Waals surface area contributed by atoms with Crippen LogP contribution >= 0.6 is 0 Å². The Morgan fingerprint density at radius 3 is 2.59 bits per heavy atom. The number of aliphatic hydroxyl groups excluding tert-OH is 3. The summed E-state index contributed by atoms with van der Waals surface area (Å²) in [5.74, 6) is -0.782. The Kier molecular flexibility index (Phi) is 5.92.